The van der Waals surface area contributed by atoms with Crippen LogP contribution in [0.1, 0.15) is 22.3 Å². The zero-order valence-corrected chi connectivity index (χ0v) is 16.4. The summed E-state index contributed by atoms with van der Waals surface area (Å²) >= 11 is 0. The lowest BCUT2D eigenvalue weighted by molar-refractivity contribution is 0.101. The lowest BCUT2D eigenvalue weighted by Gasteiger charge is -2.10. The van der Waals surface area contributed by atoms with Gasteiger partial charge in [0, 0.05) is 29.2 Å². The number of hydrogen-bond acceptors (Lipinski definition) is 4. The van der Waals surface area contributed by atoms with Crippen LogP contribution in [0.3, 0.4) is 0 Å². The molecule has 0 N–H and O–H groups in total. The number of ether oxygens (including phenoxy) is 2. The standard InChI is InChI=1S/C23H24N2O3/c1-24(2)11-6-12-25-15-16(19-14-17(27-3)9-10-20(19)25)13-22-23(26)18-7-4-5-8-21(18)28-22/h4-5,7-10,13-15H,6,11-12H2,1-3H3/b22-13-. The van der Waals surface area contributed by atoms with Crippen molar-refractivity contribution >= 4 is 22.8 Å². The summed E-state index contributed by atoms with van der Waals surface area (Å²) in [6.45, 7) is 1.92. The Morgan fingerprint density at radius 3 is 2.75 bits per heavy atom. The molecule has 0 atom stereocenters. The van der Waals surface area contributed by atoms with Gasteiger partial charge in [-0.25, -0.2) is 0 Å². The number of fused-ring (bicyclic) bond motifs is 2. The number of allylic oxidation sites excluding steroid dienone is 1. The first-order valence-electron chi connectivity index (χ1n) is 9.41. The number of rotatable bonds is 6. The van der Waals surface area contributed by atoms with Crippen LogP contribution in [0.2, 0.25) is 0 Å². The van der Waals surface area contributed by atoms with Crippen molar-refractivity contribution in [3.63, 3.8) is 0 Å². The van der Waals surface area contributed by atoms with E-state index in [-0.39, 0.29) is 5.78 Å². The van der Waals surface area contributed by atoms with Gasteiger partial charge in [-0.05, 0) is 63.5 Å². The zero-order chi connectivity index (χ0) is 19.7. The Labute approximate surface area is 164 Å². The highest BCUT2D eigenvalue weighted by Crippen LogP contribution is 2.33. The molecule has 0 bridgehead atoms. The van der Waals surface area contributed by atoms with Gasteiger partial charge in [0.05, 0.1) is 12.7 Å². The molecule has 0 spiro atoms. The third kappa shape index (κ3) is 3.41. The Morgan fingerprint density at radius 2 is 2.00 bits per heavy atom. The van der Waals surface area contributed by atoms with Crippen molar-refractivity contribution in [1.82, 2.24) is 9.47 Å². The SMILES string of the molecule is COc1ccc2c(c1)c(/C=C1\Oc3ccccc3C1=O)cn2CCCN(C)C. The zero-order valence-electron chi connectivity index (χ0n) is 16.4. The number of carbonyl (C=O) groups excluding carboxylic acids is 1. The van der Waals surface area contributed by atoms with Crippen molar-refractivity contribution in [2.75, 3.05) is 27.7 Å². The van der Waals surface area contributed by atoms with E-state index in [1.54, 1.807) is 13.2 Å². The average molecular weight is 376 g/mol. The number of aryl methyl sites for hydroxylation is 1. The molecule has 5 nitrogen and oxygen atoms in total. The summed E-state index contributed by atoms with van der Waals surface area (Å²) in [6, 6.07) is 13.4. The first-order valence-corrected chi connectivity index (χ1v) is 9.41. The minimum atomic E-state index is -0.0768. The lowest BCUT2D eigenvalue weighted by atomic mass is 10.1. The third-order valence-corrected chi connectivity index (χ3v) is 4.99. The van der Waals surface area contributed by atoms with Gasteiger partial charge in [-0.15, -0.1) is 0 Å². The molecule has 4 rings (SSSR count). The van der Waals surface area contributed by atoms with E-state index >= 15 is 0 Å². The average Bonchev–Trinajstić information content (AvgIpc) is 3.19. The molecule has 0 saturated heterocycles. The van der Waals surface area contributed by atoms with Gasteiger partial charge in [-0.1, -0.05) is 12.1 Å². The number of hydrogen-bond donors (Lipinski definition) is 0. The van der Waals surface area contributed by atoms with Gasteiger partial charge >= 0.3 is 0 Å². The number of benzene rings is 2. The van der Waals surface area contributed by atoms with Crippen molar-refractivity contribution in [2.24, 2.45) is 0 Å². The summed E-state index contributed by atoms with van der Waals surface area (Å²) in [6.07, 6.45) is 4.97. The van der Waals surface area contributed by atoms with Crippen LogP contribution in [0.5, 0.6) is 11.5 Å². The van der Waals surface area contributed by atoms with Crippen LogP contribution in [-0.4, -0.2) is 43.0 Å². The van der Waals surface area contributed by atoms with Crippen LogP contribution in [0.4, 0.5) is 0 Å². The molecule has 0 aliphatic carbocycles. The van der Waals surface area contributed by atoms with E-state index in [9.17, 15) is 4.79 Å². The van der Waals surface area contributed by atoms with E-state index in [1.165, 1.54) is 0 Å². The van der Waals surface area contributed by atoms with Crippen LogP contribution in [0.15, 0.2) is 54.4 Å². The number of methoxy groups -OCH3 is 1. The largest absolute Gasteiger partial charge is 0.497 e. The van der Waals surface area contributed by atoms with Gasteiger partial charge in [0.1, 0.15) is 11.5 Å². The smallest absolute Gasteiger partial charge is 0.231 e. The monoisotopic (exact) mass is 376 g/mol. The Balaban J connectivity index is 1.73. The van der Waals surface area contributed by atoms with Crippen molar-refractivity contribution in [1.29, 1.82) is 0 Å². The summed E-state index contributed by atoms with van der Waals surface area (Å²) in [4.78, 5) is 14.9. The van der Waals surface area contributed by atoms with Crippen molar-refractivity contribution < 1.29 is 14.3 Å². The quantitative estimate of drug-likeness (QED) is 0.604. The Hall–Kier alpha value is -3.05. The van der Waals surface area contributed by atoms with Gasteiger partial charge in [0.15, 0.2) is 5.76 Å². The van der Waals surface area contributed by atoms with E-state index in [0.717, 1.165) is 41.7 Å². The maximum atomic E-state index is 12.7. The van der Waals surface area contributed by atoms with E-state index in [2.05, 4.69) is 35.8 Å². The molecule has 0 fully saturated rings. The van der Waals surface area contributed by atoms with Gasteiger partial charge in [-0.2, -0.15) is 0 Å². The molecular weight excluding hydrogens is 352 g/mol. The molecule has 5 heteroatoms. The second-order valence-electron chi connectivity index (χ2n) is 7.25. The maximum Gasteiger partial charge on any atom is 0.231 e. The van der Waals surface area contributed by atoms with Crippen LogP contribution in [0, 0.1) is 0 Å². The fraction of sp³-hybridized carbons (Fsp3) is 0.261. The molecule has 28 heavy (non-hydrogen) atoms. The highest BCUT2D eigenvalue weighted by Gasteiger charge is 2.27. The Kier molecular flexibility index (Phi) is 4.92. The predicted molar refractivity (Wildman–Crippen MR) is 111 cm³/mol. The number of ketones is 1. The van der Waals surface area contributed by atoms with Crippen LogP contribution < -0.4 is 9.47 Å². The number of aromatic nitrogens is 1. The molecule has 1 aromatic heterocycles. The van der Waals surface area contributed by atoms with Crippen LogP contribution in [0.25, 0.3) is 17.0 Å². The number of para-hydroxylation sites is 1. The Bertz CT molecular complexity index is 1060. The fourth-order valence-electron chi connectivity index (χ4n) is 3.57. The minimum absolute atomic E-state index is 0.0768. The summed E-state index contributed by atoms with van der Waals surface area (Å²) in [5, 5.41) is 1.05. The van der Waals surface area contributed by atoms with Gasteiger partial charge in [-0.3, -0.25) is 4.79 Å². The molecule has 0 unspecified atom stereocenters. The molecular formula is C23H24N2O3. The summed E-state index contributed by atoms with van der Waals surface area (Å²) in [5.74, 6) is 1.69. The molecule has 0 amide bonds. The summed E-state index contributed by atoms with van der Waals surface area (Å²) in [5.41, 5.74) is 2.69. The number of carbonyl (C=O) groups is 1. The highest BCUT2D eigenvalue weighted by molar-refractivity contribution is 6.15. The maximum absolute atomic E-state index is 12.7. The molecule has 3 aromatic rings. The molecule has 1 aliphatic heterocycles. The van der Waals surface area contributed by atoms with Crippen molar-refractivity contribution in [3.05, 3.63) is 65.5 Å². The van der Waals surface area contributed by atoms with Gasteiger partial charge in [0.2, 0.25) is 5.78 Å². The van der Waals surface area contributed by atoms with Crippen molar-refractivity contribution in [2.45, 2.75) is 13.0 Å². The molecule has 2 heterocycles. The van der Waals surface area contributed by atoms with E-state index in [0.29, 0.717) is 17.1 Å². The molecule has 2 aromatic carbocycles. The van der Waals surface area contributed by atoms with Gasteiger partial charge in [0.25, 0.3) is 0 Å². The first kappa shape index (κ1) is 18.3. The van der Waals surface area contributed by atoms with E-state index < -0.39 is 0 Å². The third-order valence-electron chi connectivity index (χ3n) is 4.99. The van der Waals surface area contributed by atoms with E-state index in [1.807, 2.05) is 36.4 Å². The first-order chi connectivity index (χ1) is 13.6. The molecule has 0 radical (unpaired) electrons. The van der Waals surface area contributed by atoms with E-state index in [4.69, 9.17) is 9.47 Å². The second-order valence-corrected chi connectivity index (χ2v) is 7.25. The predicted octanol–water partition coefficient (Wildman–Crippen LogP) is 4.22. The summed E-state index contributed by atoms with van der Waals surface area (Å²) in [7, 11) is 5.82. The number of Topliss-reactive ketones (excluding diaryl/α,β-unsaturated/α-hetero) is 1. The molecule has 0 saturated carbocycles. The van der Waals surface area contributed by atoms with Crippen molar-refractivity contribution in [3.8, 4) is 11.5 Å². The fourth-order valence-corrected chi connectivity index (χ4v) is 3.57. The van der Waals surface area contributed by atoms with Crippen LogP contribution >= 0.6 is 0 Å². The normalized spacial score (nSPS) is 14.7. The lowest BCUT2D eigenvalue weighted by Crippen LogP contribution is -2.14. The molecule has 144 valence electrons. The topological polar surface area (TPSA) is 43.7 Å². The second kappa shape index (κ2) is 7.52. The Morgan fingerprint density at radius 1 is 1.18 bits per heavy atom. The number of nitrogens with zero attached hydrogens (tertiary/aromatic N) is 2. The molecule has 1 aliphatic rings. The van der Waals surface area contributed by atoms with Gasteiger partial charge < -0.3 is 18.9 Å². The minimum Gasteiger partial charge on any atom is -0.497 e. The highest BCUT2D eigenvalue weighted by atomic mass is 16.5. The van der Waals surface area contributed by atoms with Crippen LogP contribution in [-0.2, 0) is 6.54 Å². The summed E-state index contributed by atoms with van der Waals surface area (Å²) < 4.78 is 13.5.